The number of hydrogen-bond donors (Lipinski definition) is 0. The number of carbonyl (C=O) groups excluding carboxylic acids is 2. The van der Waals surface area contributed by atoms with E-state index in [0.29, 0.717) is 30.1 Å². The zero-order valence-corrected chi connectivity index (χ0v) is 27.7. The number of nitrogens with zero attached hydrogens (tertiary/aromatic N) is 1. The molecular weight excluding hydrogens is 617 g/mol. The molecule has 0 spiro atoms. The first-order valence-electron chi connectivity index (χ1n) is 14.5. The molecule has 45 heavy (non-hydrogen) atoms. The number of carbonyl (C=O) groups is 2. The third-order valence-electron chi connectivity index (χ3n) is 7.07. The molecule has 1 aromatic carbocycles. The number of likely N-dealkylation sites (tertiary alicyclic amines) is 1. The number of methoxy groups -OCH3 is 2. The zero-order chi connectivity index (χ0) is 33.0. The van der Waals surface area contributed by atoms with Gasteiger partial charge in [0.15, 0.2) is 38.7 Å². The quantitative estimate of drug-likeness (QED) is 0.0896. The molecule has 254 valence electrons. The Morgan fingerprint density at radius 3 is 2.00 bits per heavy atom. The van der Waals surface area contributed by atoms with Gasteiger partial charge in [-0.25, -0.2) is 23.2 Å². The first kappa shape index (κ1) is 36.4. The van der Waals surface area contributed by atoms with Crippen LogP contribution in [0.1, 0.15) is 52.5 Å². The smallest absolute Gasteiger partial charge is 0.493 e. The topological polar surface area (TPSA) is 156 Å². The molecule has 1 aliphatic carbocycles. The summed E-state index contributed by atoms with van der Waals surface area (Å²) in [6.45, 7) is 5.19. The summed E-state index contributed by atoms with van der Waals surface area (Å²) in [5, 5.41) is 0. The fourth-order valence-corrected chi connectivity index (χ4v) is 6.10. The van der Waals surface area contributed by atoms with Gasteiger partial charge in [-0.15, -0.1) is 0 Å². The second-order valence-electron chi connectivity index (χ2n) is 10.8. The van der Waals surface area contributed by atoms with E-state index in [9.17, 15) is 14.2 Å². The lowest BCUT2D eigenvalue weighted by atomic mass is 9.68. The van der Waals surface area contributed by atoms with Crippen LogP contribution in [0.15, 0.2) is 30.0 Å². The highest BCUT2D eigenvalue weighted by atomic mass is 31.2. The van der Waals surface area contributed by atoms with Crippen molar-refractivity contribution in [3.63, 3.8) is 0 Å². The van der Waals surface area contributed by atoms with Gasteiger partial charge in [0.2, 0.25) is 0 Å². The highest BCUT2D eigenvalue weighted by Gasteiger charge is 2.49. The van der Waals surface area contributed by atoms with Crippen LogP contribution in [0.2, 0.25) is 0 Å². The molecule has 1 saturated heterocycles. The van der Waals surface area contributed by atoms with Crippen LogP contribution in [-0.4, -0.2) is 90.4 Å². The summed E-state index contributed by atoms with van der Waals surface area (Å²) in [7, 11) is 0.850. The molecule has 1 heterocycles. The Hall–Kier alpha value is -3.07. The minimum atomic E-state index is -4.35. The summed E-state index contributed by atoms with van der Waals surface area (Å²) >= 11 is 0. The molecule has 2 atom stereocenters. The van der Waals surface area contributed by atoms with E-state index in [2.05, 4.69) is 4.90 Å². The Kier molecular flexibility index (Phi) is 13.8. The Labute approximate surface area is 263 Å². The Bertz CT molecular complexity index is 1170. The van der Waals surface area contributed by atoms with Crippen LogP contribution in [0.25, 0.3) is 0 Å². The molecule has 0 bridgehead atoms. The van der Waals surface area contributed by atoms with Crippen molar-refractivity contribution in [1.29, 1.82) is 0 Å². The first-order chi connectivity index (χ1) is 21.4. The molecule has 0 amide bonds. The number of hydrogen-bond acceptors (Lipinski definition) is 15. The van der Waals surface area contributed by atoms with Crippen molar-refractivity contribution in [2.75, 3.05) is 55.0 Å². The SMILES string of the molecule is COc1ccc(C23CCC(OP(=O)(OCOCOC(=O)OC(C)C)OCOCOC(=O)OC(C)C)=CC2N(C)CC3)cc1OC. The molecule has 2 aliphatic rings. The highest BCUT2D eigenvalue weighted by Crippen LogP contribution is 2.55. The lowest BCUT2D eigenvalue weighted by molar-refractivity contribution is -0.114. The highest BCUT2D eigenvalue weighted by molar-refractivity contribution is 7.48. The van der Waals surface area contributed by atoms with Gasteiger partial charge in [-0.2, -0.15) is 0 Å². The predicted octanol–water partition coefficient (Wildman–Crippen LogP) is 5.47. The Morgan fingerprint density at radius 1 is 0.889 bits per heavy atom. The van der Waals surface area contributed by atoms with E-state index in [4.69, 9.17) is 51.5 Å². The third kappa shape index (κ3) is 10.5. The summed E-state index contributed by atoms with van der Waals surface area (Å²) < 4.78 is 70.6. The van der Waals surface area contributed by atoms with Crippen LogP contribution in [0.3, 0.4) is 0 Å². The zero-order valence-electron chi connectivity index (χ0n) is 26.8. The lowest BCUT2D eigenvalue weighted by Crippen LogP contribution is -2.42. The summed E-state index contributed by atoms with van der Waals surface area (Å²) in [4.78, 5) is 25.3. The molecule has 15 nitrogen and oxygen atoms in total. The van der Waals surface area contributed by atoms with E-state index in [-0.39, 0.29) is 23.7 Å². The van der Waals surface area contributed by atoms with Gasteiger partial charge >= 0.3 is 20.1 Å². The van der Waals surface area contributed by atoms with Gasteiger partial charge in [0.1, 0.15) is 5.76 Å². The van der Waals surface area contributed by atoms with Crippen molar-refractivity contribution in [2.45, 2.75) is 70.6 Å². The fraction of sp³-hybridized carbons (Fsp3) is 0.655. The van der Waals surface area contributed by atoms with E-state index in [1.165, 1.54) is 0 Å². The van der Waals surface area contributed by atoms with Crippen molar-refractivity contribution in [3.05, 3.63) is 35.6 Å². The van der Waals surface area contributed by atoms with Crippen LogP contribution in [0.5, 0.6) is 11.5 Å². The second kappa shape index (κ2) is 17.0. The molecule has 1 aliphatic heterocycles. The number of rotatable bonds is 17. The molecule has 0 radical (unpaired) electrons. The standard InChI is InChI=1S/C29H44NO14P/c1-20(2)42-27(31)38-16-36-18-40-45(33,41-19-37-17-39-28(32)43-21(3)4)44-23-10-11-29(12-13-30(5)26(29)15-23)22-8-9-24(34-6)25(14-22)35-7/h8-9,14-15,20-21,26H,10-13,16-19H2,1-7H3. The second-order valence-corrected chi connectivity index (χ2v) is 12.4. The van der Waals surface area contributed by atoms with Crippen LogP contribution in [0.4, 0.5) is 9.59 Å². The van der Waals surface area contributed by atoms with Crippen molar-refractivity contribution >= 4 is 20.1 Å². The number of phosphoric ester groups is 1. The molecule has 2 unspecified atom stereocenters. The molecule has 0 N–H and O–H groups in total. The van der Waals surface area contributed by atoms with Gasteiger partial charge in [0.25, 0.3) is 0 Å². The van der Waals surface area contributed by atoms with E-state index >= 15 is 0 Å². The molecular formula is C29H44NO14P. The predicted molar refractivity (Wildman–Crippen MR) is 157 cm³/mol. The number of fused-ring (bicyclic) bond motifs is 1. The van der Waals surface area contributed by atoms with Crippen LogP contribution in [0, 0.1) is 0 Å². The van der Waals surface area contributed by atoms with Crippen LogP contribution in [-0.2, 0) is 52.0 Å². The van der Waals surface area contributed by atoms with Crippen molar-refractivity contribution in [1.82, 2.24) is 4.90 Å². The summed E-state index contributed by atoms with van der Waals surface area (Å²) in [5.41, 5.74) is 0.845. The molecule has 1 aromatic rings. The van der Waals surface area contributed by atoms with Gasteiger partial charge in [0.05, 0.1) is 26.4 Å². The van der Waals surface area contributed by atoms with E-state index in [1.54, 1.807) is 41.9 Å². The van der Waals surface area contributed by atoms with E-state index in [0.717, 1.165) is 18.5 Å². The average molecular weight is 662 g/mol. The van der Waals surface area contributed by atoms with Crippen molar-refractivity contribution in [2.24, 2.45) is 0 Å². The van der Waals surface area contributed by atoms with Gasteiger partial charge in [-0.05, 0) is 77.9 Å². The number of benzene rings is 1. The lowest BCUT2D eigenvalue weighted by Gasteiger charge is -2.40. The van der Waals surface area contributed by atoms with Crippen molar-refractivity contribution < 1.29 is 65.6 Å². The first-order valence-corrected chi connectivity index (χ1v) is 15.9. The summed E-state index contributed by atoms with van der Waals surface area (Å²) in [6.07, 6.45) is 1.27. The molecule has 16 heteroatoms. The van der Waals surface area contributed by atoms with E-state index < -0.39 is 47.3 Å². The van der Waals surface area contributed by atoms with Gasteiger partial charge in [-0.1, -0.05) is 6.07 Å². The van der Waals surface area contributed by atoms with Crippen LogP contribution < -0.4 is 9.47 Å². The maximum absolute atomic E-state index is 13.7. The minimum absolute atomic E-state index is 0.0963. The van der Waals surface area contributed by atoms with E-state index in [1.807, 2.05) is 31.3 Å². The fourth-order valence-electron chi connectivity index (χ4n) is 5.07. The Balaban J connectivity index is 1.69. The van der Waals surface area contributed by atoms with Crippen LogP contribution >= 0.6 is 7.82 Å². The summed E-state index contributed by atoms with van der Waals surface area (Å²) in [5.74, 6) is 1.67. The largest absolute Gasteiger partial charge is 0.534 e. The average Bonchev–Trinajstić information content (AvgIpc) is 3.32. The molecule has 0 aromatic heterocycles. The number of likely N-dealkylation sites (N-methyl/N-ethyl adjacent to an activating group) is 1. The van der Waals surface area contributed by atoms with Crippen molar-refractivity contribution in [3.8, 4) is 11.5 Å². The van der Waals surface area contributed by atoms with Gasteiger partial charge < -0.3 is 42.4 Å². The molecule has 0 saturated carbocycles. The summed E-state index contributed by atoms with van der Waals surface area (Å²) in [6, 6.07) is 5.83. The van der Waals surface area contributed by atoms with Gasteiger partial charge in [0, 0.05) is 17.9 Å². The number of allylic oxidation sites excluding steroid dienone is 1. The number of phosphoric acid groups is 1. The monoisotopic (exact) mass is 661 g/mol. The third-order valence-corrected chi connectivity index (χ3v) is 8.37. The normalized spacial score (nSPS) is 19.9. The van der Waals surface area contributed by atoms with Gasteiger partial charge in [-0.3, -0.25) is 4.90 Å². The maximum Gasteiger partial charge on any atom is 0.534 e. The molecule has 1 fully saturated rings. The number of ether oxygens (including phenoxy) is 8. The Morgan fingerprint density at radius 2 is 1.47 bits per heavy atom. The minimum Gasteiger partial charge on any atom is -0.493 e. The molecule has 3 rings (SSSR count). The maximum atomic E-state index is 13.7.